The van der Waals surface area contributed by atoms with Gasteiger partial charge in [0, 0.05) is 0 Å². The minimum absolute atomic E-state index is 0.0139. The molecular weight excluding hydrogens is 953 g/mol. The number of alkyl halides is 15. The van der Waals surface area contributed by atoms with Gasteiger partial charge in [0.1, 0.15) is 12.2 Å². The van der Waals surface area contributed by atoms with Crippen LogP contribution in [0.15, 0.2) is 24.8 Å². The molecule has 0 saturated heterocycles. The van der Waals surface area contributed by atoms with Crippen molar-refractivity contribution in [2.24, 2.45) is 0 Å². The molecule has 0 fully saturated rings. The molecule has 2 aromatic carbocycles. The number of allylic oxidation sites excluding steroid dienone is 1. The molecule has 2 rings (SSSR count). The molecule has 8 nitrogen and oxygen atoms in total. The van der Waals surface area contributed by atoms with Crippen LogP contribution in [0.2, 0.25) is 0 Å². The lowest BCUT2D eigenvalue weighted by Crippen LogP contribution is -2.65. The van der Waals surface area contributed by atoms with E-state index in [9.17, 15) is 86.3 Å². The molecule has 0 aliphatic carbocycles. The average Bonchev–Trinajstić information content (AvgIpc) is 3.08. The van der Waals surface area contributed by atoms with Gasteiger partial charge in [-0.3, -0.25) is 0 Å². The number of benzene rings is 2. The van der Waals surface area contributed by atoms with Crippen LogP contribution in [0.25, 0.3) is 16.3 Å². The van der Waals surface area contributed by atoms with Crippen LogP contribution in [-0.4, -0.2) is 98.1 Å². The predicted octanol–water partition coefficient (Wildman–Crippen LogP) is 12.2. The Morgan fingerprint density at radius 2 is 0.779 bits per heavy atom. The molecule has 5 unspecified atom stereocenters. The summed E-state index contributed by atoms with van der Waals surface area (Å²) in [4.78, 5) is 0. The third-order valence-corrected chi connectivity index (χ3v) is 12.4. The Labute approximate surface area is 384 Å². The lowest BCUT2D eigenvalue weighted by atomic mass is 9.75. The van der Waals surface area contributed by atoms with Crippen LogP contribution in [0, 0.1) is 0 Å². The second-order valence-electron chi connectivity index (χ2n) is 20.0. The van der Waals surface area contributed by atoms with Gasteiger partial charge in [-0.05, 0) is 168 Å². The lowest BCUT2D eigenvalue weighted by molar-refractivity contribution is -0.399. The summed E-state index contributed by atoms with van der Waals surface area (Å²) in [7, 11) is 0. The van der Waals surface area contributed by atoms with Crippen molar-refractivity contribution in [2.75, 3.05) is 0 Å². The molecule has 394 valence electrons. The third-order valence-electron chi connectivity index (χ3n) is 12.4. The van der Waals surface area contributed by atoms with Crippen LogP contribution < -0.4 is 0 Å². The Morgan fingerprint density at radius 3 is 1.12 bits per heavy atom. The Bertz CT molecular complexity index is 2110. The van der Waals surface area contributed by atoms with E-state index < -0.39 is 111 Å². The van der Waals surface area contributed by atoms with Gasteiger partial charge in [0.25, 0.3) is 11.2 Å². The fourth-order valence-electron chi connectivity index (χ4n) is 7.82. The summed E-state index contributed by atoms with van der Waals surface area (Å²) in [6, 6.07) is 3.21. The molecule has 0 amide bonds. The standard InChI is InChI=1S/C45H61F15O8/c1-21(2)31-30(36(13,14)65-22(3)33(7,8)61)20-27-28(32(31)37(15,16)66-23(4)38(17,62)41(46,47)48)18-26(34(9,10)67-24(5)39(63,42(49,50)51)43(52,53)54)19-29(27)35(11,12)68-25(6)40(64,44(55,56)57)45(58,59)60/h18-20,22-25,61-64H,1H2,2-17H3. The van der Waals surface area contributed by atoms with Gasteiger partial charge in [-0.25, -0.2) is 0 Å². The van der Waals surface area contributed by atoms with Crippen molar-refractivity contribution < 1.29 is 105 Å². The van der Waals surface area contributed by atoms with E-state index in [0.29, 0.717) is 6.92 Å². The minimum atomic E-state index is -6.45. The van der Waals surface area contributed by atoms with Crippen LogP contribution in [0.1, 0.15) is 139 Å². The highest BCUT2D eigenvalue weighted by molar-refractivity contribution is 5.96. The smallest absolute Gasteiger partial charge is 0.388 e. The van der Waals surface area contributed by atoms with Gasteiger partial charge in [0.2, 0.25) is 0 Å². The van der Waals surface area contributed by atoms with Gasteiger partial charge in [0.15, 0.2) is 5.60 Å². The van der Waals surface area contributed by atoms with Gasteiger partial charge in [-0.2, -0.15) is 65.9 Å². The number of fused-ring (bicyclic) bond motifs is 1. The lowest BCUT2D eigenvalue weighted by Gasteiger charge is -2.43. The van der Waals surface area contributed by atoms with Gasteiger partial charge in [0.05, 0.1) is 40.2 Å². The predicted molar refractivity (Wildman–Crippen MR) is 220 cm³/mol. The molecule has 2 aromatic rings. The van der Waals surface area contributed by atoms with E-state index in [2.05, 4.69) is 6.58 Å². The van der Waals surface area contributed by atoms with Crippen molar-refractivity contribution in [2.45, 2.75) is 211 Å². The minimum Gasteiger partial charge on any atom is -0.388 e. The Kier molecular flexibility index (Phi) is 16.5. The summed E-state index contributed by atoms with van der Waals surface area (Å²) >= 11 is 0. The molecule has 0 aromatic heterocycles. The van der Waals surface area contributed by atoms with Crippen LogP contribution in [0.4, 0.5) is 65.9 Å². The van der Waals surface area contributed by atoms with Crippen molar-refractivity contribution in [3.63, 3.8) is 0 Å². The highest BCUT2D eigenvalue weighted by Gasteiger charge is 2.75. The van der Waals surface area contributed by atoms with Crippen molar-refractivity contribution >= 4 is 16.3 Å². The molecular formula is C45H61F15O8. The van der Waals surface area contributed by atoms with Gasteiger partial charge < -0.3 is 39.4 Å². The molecule has 0 radical (unpaired) electrons. The Balaban J connectivity index is 3.57. The SMILES string of the molecule is C=C(C)c1c(C(C)(C)OC(C)C(C)(C)O)cc2c(C(C)(C)OC(C)C(O)(C(F)(F)F)C(F)(F)F)cc(C(C)(C)OC(C)C(O)(C(F)(F)F)C(F)(F)F)cc2c1C(C)(C)OC(C)C(C)(O)C(F)(F)F. The quantitative estimate of drug-likeness (QED) is 0.116. The number of hydrogen-bond acceptors (Lipinski definition) is 8. The molecule has 68 heavy (non-hydrogen) atoms. The fourth-order valence-corrected chi connectivity index (χ4v) is 7.82. The molecule has 0 aliphatic rings. The van der Waals surface area contributed by atoms with E-state index in [4.69, 9.17) is 18.9 Å². The summed E-state index contributed by atoms with van der Waals surface area (Å²) in [6.45, 7) is 20.2. The topological polar surface area (TPSA) is 118 Å². The summed E-state index contributed by atoms with van der Waals surface area (Å²) in [5.41, 5.74) is -26.4. The molecule has 5 atom stereocenters. The zero-order valence-electron chi connectivity index (χ0n) is 40.3. The van der Waals surface area contributed by atoms with Crippen molar-refractivity contribution in [1.82, 2.24) is 0 Å². The second kappa shape index (κ2) is 18.3. The maximum Gasteiger partial charge on any atom is 0.428 e. The molecule has 4 N–H and O–H groups in total. The zero-order chi connectivity index (χ0) is 54.4. The zero-order valence-corrected chi connectivity index (χ0v) is 40.3. The summed E-state index contributed by atoms with van der Waals surface area (Å²) < 4.78 is 236. The Morgan fingerprint density at radius 1 is 0.441 bits per heavy atom. The van der Waals surface area contributed by atoms with Crippen molar-refractivity contribution in [1.29, 1.82) is 0 Å². The van der Waals surface area contributed by atoms with Crippen LogP contribution in [0.5, 0.6) is 0 Å². The van der Waals surface area contributed by atoms with E-state index in [1.807, 2.05) is 0 Å². The van der Waals surface area contributed by atoms with E-state index in [-0.39, 0.29) is 46.9 Å². The van der Waals surface area contributed by atoms with Gasteiger partial charge in [-0.1, -0.05) is 12.2 Å². The van der Waals surface area contributed by atoms with Crippen LogP contribution in [-0.2, 0) is 41.4 Å². The highest BCUT2D eigenvalue weighted by atomic mass is 19.4. The van der Waals surface area contributed by atoms with E-state index in [1.54, 1.807) is 0 Å². The molecule has 0 bridgehead atoms. The van der Waals surface area contributed by atoms with Crippen LogP contribution >= 0.6 is 0 Å². The molecule has 23 heteroatoms. The molecule has 0 heterocycles. The Hall–Kier alpha value is -2.93. The summed E-state index contributed by atoms with van der Waals surface area (Å²) in [6.07, 6.45) is -40.8. The second-order valence-corrected chi connectivity index (χ2v) is 20.0. The first-order chi connectivity index (χ1) is 29.5. The first kappa shape index (κ1) is 61.2. The van der Waals surface area contributed by atoms with Gasteiger partial charge in [-0.15, -0.1) is 0 Å². The normalized spacial score (nSPS) is 17.8. The van der Waals surface area contributed by atoms with Crippen LogP contribution in [0.3, 0.4) is 0 Å². The number of rotatable bonds is 17. The summed E-state index contributed by atoms with van der Waals surface area (Å²) in [5, 5.41) is 41.6. The monoisotopic (exact) mass is 1010 g/mol. The highest BCUT2D eigenvalue weighted by Crippen LogP contribution is 2.53. The number of ether oxygens (including phenoxy) is 4. The molecule has 0 spiro atoms. The van der Waals surface area contributed by atoms with Crippen molar-refractivity contribution in [3.05, 3.63) is 52.6 Å². The number of aliphatic hydroxyl groups is 4. The van der Waals surface area contributed by atoms with Gasteiger partial charge >= 0.3 is 30.9 Å². The van der Waals surface area contributed by atoms with E-state index >= 15 is 0 Å². The average molecular weight is 1010 g/mol. The number of halogens is 15. The first-order valence-corrected chi connectivity index (χ1v) is 20.8. The largest absolute Gasteiger partial charge is 0.428 e. The van der Waals surface area contributed by atoms with Crippen molar-refractivity contribution in [3.8, 4) is 0 Å². The number of hydrogen-bond donors (Lipinski definition) is 4. The molecule has 0 saturated carbocycles. The fraction of sp³-hybridized carbons (Fsp3) is 0.733. The van der Waals surface area contributed by atoms with E-state index in [0.717, 1.165) is 46.8 Å². The third kappa shape index (κ3) is 11.4. The van der Waals surface area contributed by atoms with E-state index in [1.165, 1.54) is 61.5 Å². The summed E-state index contributed by atoms with van der Waals surface area (Å²) in [5.74, 6) is 0. The molecule has 0 aliphatic heterocycles. The maximum absolute atomic E-state index is 14.3. The maximum atomic E-state index is 14.3. The first-order valence-electron chi connectivity index (χ1n) is 20.8.